The molecular weight excluding hydrogens is 309 g/mol. The van der Waals surface area contributed by atoms with Crippen LogP contribution >= 0.6 is 0 Å². The highest BCUT2D eigenvalue weighted by atomic mass is 19.4. The van der Waals surface area contributed by atoms with Gasteiger partial charge >= 0.3 is 12.2 Å². The van der Waals surface area contributed by atoms with Crippen molar-refractivity contribution in [1.82, 2.24) is 10.2 Å². The molecule has 1 aromatic carbocycles. The smallest absolute Gasteiger partial charge is 0.416 e. The third kappa shape index (κ3) is 4.30. The Morgan fingerprint density at radius 1 is 1.39 bits per heavy atom. The first-order valence-corrected chi connectivity index (χ1v) is 7.61. The first-order chi connectivity index (χ1) is 10.8. The number of carbonyl (C=O) groups is 1. The molecule has 0 radical (unpaired) electrons. The topological polar surface area (TPSA) is 41.6 Å². The zero-order chi connectivity index (χ0) is 17.0. The fraction of sp³-hybridized carbons (Fsp3) is 0.562. The van der Waals surface area contributed by atoms with Gasteiger partial charge in [0.15, 0.2) is 0 Å². The van der Waals surface area contributed by atoms with E-state index in [1.165, 1.54) is 19.2 Å². The summed E-state index contributed by atoms with van der Waals surface area (Å²) >= 11 is 0. The molecule has 0 aliphatic carbocycles. The number of benzene rings is 1. The fourth-order valence-corrected chi connectivity index (χ4v) is 2.77. The number of rotatable bonds is 3. The maximum Gasteiger partial charge on any atom is 0.416 e. The minimum atomic E-state index is -4.49. The zero-order valence-electron chi connectivity index (χ0n) is 13.2. The Hall–Kier alpha value is -1.92. The second-order valence-corrected chi connectivity index (χ2v) is 5.72. The lowest BCUT2D eigenvalue weighted by Crippen LogP contribution is -2.47. The number of urea groups is 1. The van der Waals surface area contributed by atoms with Crippen LogP contribution in [0.15, 0.2) is 18.2 Å². The van der Waals surface area contributed by atoms with E-state index >= 15 is 0 Å². The molecule has 2 rings (SSSR count). The van der Waals surface area contributed by atoms with Gasteiger partial charge in [-0.1, -0.05) is 6.07 Å². The average Bonchev–Trinajstić information content (AvgIpc) is 2.52. The number of alkyl halides is 3. The molecule has 1 aromatic rings. The molecule has 0 spiro atoms. The molecule has 1 saturated heterocycles. The number of hydrogen-bond donors (Lipinski definition) is 1. The Bertz CT molecular complexity index is 561. The fourth-order valence-electron chi connectivity index (χ4n) is 2.77. The Labute approximate surface area is 133 Å². The summed E-state index contributed by atoms with van der Waals surface area (Å²) < 4.78 is 44.2. The van der Waals surface area contributed by atoms with Gasteiger partial charge in [-0.05, 0) is 43.9 Å². The molecule has 7 heteroatoms. The van der Waals surface area contributed by atoms with Crippen molar-refractivity contribution >= 4 is 6.03 Å². The van der Waals surface area contributed by atoms with Crippen molar-refractivity contribution in [2.24, 2.45) is 0 Å². The van der Waals surface area contributed by atoms with E-state index in [1.807, 2.05) is 6.92 Å². The summed E-state index contributed by atoms with van der Waals surface area (Å²) in [5.74, 6) is 0.136. The number of methoxy groups -OCH3 is 1. The van der Waals surface area contributed by atoms with E-state index in [-0.39, 0.29) is 29.9 Å². The molecule has 1 fully saturated rings. The molecule has 1 N–H and O–H groups in total. The first kappa shape index (κ1) is 17.4. The standard InChI is InChI=1S/C16H21F3N2O2/c1-11-5-3-4-8-21(11)15(22)20-10-12-6-7-13(23-2)9-14(12)16(17,18)19/h6-7,9,11H,3-5,8,10H2,1-2H3,(H,20,22). The minimum Gasteiger partial charge on any atom is -0.497 e. The number of nitrogens with zero attached hydrogens (tertiary/aromatic N) is 1. The lowest BCUT2D eigenvalue weighted by atomic mass is 10.0. The van der Waals surface area contributed by atoms with Crippen LogP contribution in [-0.2, 0) is 12.7 Å². The maximum absolute atomic E-state index is 13.1. The number of halogens is 3. The molecule has 1 unspecified atom stereocenters. The van der Waals surface area contributed by atoms with Gasteiger partial charge < -0.3 is 15.0 Å². The van der Waals surface area contributed by atoms with Gasteiger partial charge in [0.1, 0.15) is 5.75 Å². The van der Waals surface area contributed by atoms with Gasteiger partial charge in [0, 0.05) is 19.1 Å². The number of hydrogen-bond acceptors (Lipinski definition) is 2. The van der Waals surface area contributed by atoms with Crippen molar-refractivity contribution in [3.8, 4) is 5.75 Å². The Balaban J connectivity index is 2.09. The van der Waals surface area contributed by atoms with Crippen molar-refractivity contribution in [2.45, 2.75) is 44.9 Å². The summed E-state index contributed by atoms with van der Waals surface area (Å²) in [5.41, 5.74) is -0.764. The third-order valence-electron chi connectivity index (χ3n) is 4.12. The molecule has 0 aromatic heterocycles. The summed E-state index contributed by atoms with van der Waals surface area (Å²) in [5, 5.41) is 2.60. The Morgan fingerprint density at radius 3 is 2.74 bits per heavy atom. The van der Waals surface area contributed by atoms with Crippen LogP contribution < -0.4 is 10.1 Å². The molecule has 4 nitrogen and oxygen atoms in total. The monoisotopic (exact) mass is 330 g/mol. The van der Waals surface area contributed by atoms with E-state index in [0.717, 1.165) is 25.3 Å². The van der Waals surface area contributed by atoms with E-state index in [2.05, 4.69) is 5.32 Å². The van der Waals surface area contributed by atoms with Crippen LogP contribution in [0.25, 0.3) is 0 Å². The van der Waals surface area contributed by atoms with E-state index < -0.39 is 11.7 Å². The van der Waals surface area contributed by atoms with Gasteiger partial charge in [0.25, 0.3) is 0 Å². The normalized spacial score (nSPS) is 18.7. The summed E-state index contributed by atoms with van der Waals surface area (Å²) in [6.07, 6.45) is -1.58. The van der Waals surface area contributed by atoms with Gasteiger partial charge in [-0.15, -0.1) is 0 Å². The van der Waals surface area contributed by atoms with E-state index in [0.29, 0.717) is 6.54 Å². The quantitative estimate of drug-likeness (QED) is 0.916. The van der Waals surface area contributed by atoms with Crippen molar-refractivity contribution in [3.05, 3.63) is 29.3 Å². The highest BCUT2D eigenvalue weighted by molar-refractivity contribution is 5.74. The second-order valence-electron chi connectivity index (χ2n) is 5.72. The van der Waals surface area contributed by atoms with Gasteiger partial charge in [-0.2, -0.15) is 13.2 Å². The molecule has 0 saturated carbocycles. The van der Waals surface area contributed by atoms with Crippen molar-refractivity contribution in [2.75, 3.05) is 13.7 Å². The first-order valence-electron chi connectivity index (χ1n) is 7.61. The number of carbonyl (C=O) groups excluding carboxylic acids is 1. The zero-order valence-corrected chi connectivity index (χ0v) is 13.2. The van der Waals surface area contributed by atoms with E-state index in [9.17, 15) is 18.0 Å². The highest BCUT2D eigenvalue weighted by Crippen LogP contribution is 2.34. The van der Waals surface area contributed by atoms with Crippen molar-refractivity contribution in [1.29, 1.82) is 0 Å². The van der Waals surface area contributed by atoms with Crippen LogP contribution in [0.1, 0.15) is 37.3 Å². The van der Waals surface area contributed by atoms with Gasteiger partial charge in [0.2, 0.25) is 0 Å². The number of amides is 2. The third-order valence-corrected chi connectivity index (χ3v) is 4.12. The van der Waals surface area contributed by atoms with Crippen LogP contribution in [0.2, 0.25) is 0 Å². The lowest BCUT2D eigenvalue weighted by Gasteiger charge is -2.33. The largest absolute Gasteiger partial charge is 0.497 e. The molecule has 1 aliphatic heterocycles. The summed E-state index contributed by atoms with van der Waals surface area (Å²) in [7, 11) is 1.31. The number of nitrogens with one attached hydrogen (secondary N) is 1. The number of piperidine rings is 1. The van der Waals surface area contributed by atoms with Crippen molar-refractivity contribution < 1.29 is 22.7 Å². The van der Waals surface area contributed by atoms with Crippen LogP contribution in [-0.4, -0.2) is 30.6 Å². The van der Waals surface area contributed by atoms with Gasteiger partial charge in [-0.3, -0.25) is 0 Å². The number of likely N-dealkylation sites (tertiary alicyclic amines) is 1. The summed E-state index contributed by atoms with van der Waals surface area (Å²) in [4.78, 5) is 13.9. The minimum absolute atomic E-state index is 0.0244. The molecule has 1 aliphatic rings. The van der Waals surface area contributed by atoms with Gasteiger partial charge in [0.05, 0.1) is 12.7 Å². The van der Waals surface area contributed by atoms with Crippen LogP contribution in [0, 0.1) is 0 Å². The van der Waals surface area contributed by atoms with Gasteiger partial charge in [-0.25, -0.2) is 4.79 Å². The second kappa shape index (κ2) is 7.10. The molecule has 0 bridgehead atoms. The molecule has 2 amide bonds. The van der Waals surface area contributed by atoms with E-state index in [1.54, 1.807) is 4.90 Å². The van der Waals surface area contributed by atoms with Crippen LogP contribution in [0.3, 0.4) is 0 Å². The highest BCUT2D eigenvalue weighted by Gasteiger charge is 2.34. The SMILES string of the molecule is COc1ccc(CNC(=O)N2CCCCC2C)c(C(F)(F)F)c1. The molecule has 1 atom stereocenters. The predicted octanol–water partition coefficient (Wildman–Crippen LogP) is 3.80. The molecule has 1 heterocycles. The molecular formula is C16H21F3N2O2. The van der Waals surface area contributed by atoms with Crippen LogP contribution in [0.5, 0.6) is 5.75 Å². The summed E-state index contributed by atoms with van der Waals surface area (Å²) in [6.45, 7) is 2.43. The van der Waals surface area contributed by atoms with Crippen LogP contribution in [0.4, 0.5) is 18.0 Å². The van der Waals surface area contributed by atoms with Crippen molar-refractivity contribution in [3.63, 3.8) is 0 Å². The Morgan fingerprint density at radius 2 is 2.13 bits per heavy atom. The predicted molar refractivity (Wildman–Crippen MR) is 80.3 cm³/mol. The Kier molecular flexibility index (Phi) is 5.38. The van der Waals surface area contributed by atoms with E-state index in [4.69, 9.17) is 4.74 Å². The summed E-state index contributed by atoms with van der Waals surface area (Å²) in [6, 6.07) is 3.54. The number of ether oxygens (including phenoxy) is 1. The average molecular weight is 330 g/mol. The lowest BCUT2D eigenvalue weighted by molar-refractivity contribution is -0.138. The maximum atomic E-state index is 13.1. The molecule has 23 heavy (non-hydrogen) atoms. The molecule has 128 valence electrons.